The van der Waals surface area contributed by atoms with E-state index in [0.29, 0.717) is 22.0 Å². The molecule has 0 spiro atoms. The maximum absolute atomic E-state index is 13.1. The van der Waals surface area contributed by atoms with Gasteiger partial charge in [-0.15, -0.1) is 0 Å². The molecular formula is C23H15ClN4O3. The number of nitro benzene ring substituents is 1. The van der Waals surface area contributed by atoms with Gasteiger partial charge in [-0.05, 0) is 35.4 Å². The first kappa shape index (κ1) is 20.2. The molecule has 152 valence electrons. The molecule has 8 heteroatoms. The predicted molar refractivity (Wildman–Crippen MR) is 120 cm³/mol. The highest BCUT2D eigenvalue weighted by Gasteiger charge is 2.31. The van der Waals surface area contributed by atoms with Crippen LogP contribution in [0.3, 0.4) is 0 Å². The molecule has 0 saturated heterocycles. The minimum atomic E-state index is -0.475. The molecule has 3 aromatic rings. The highest BCUT2D eigenvalue weighted by Crippen LogP contribution is 2.25. The molecular weight excluding hydrogens is 416 g/mol. The monoisotopic (exact) mass is 430 g/mol. The minimum absolute atomic E-state index is 0.0223. The normalized spacial score (nSPS) is 15.0. The summed E-state index contributed by atoms with van der Waals surface area (Å²) in [5.41, 5.74) is 2.18. The Morgan fingerprint density at radius 2 is 1.65 bits per heavy atom. The first-order valence-corrected chi connectivity index (χ1v) is 9.64. The number of hydrogen-bond donors (Lipinski definition) is 0. The highest BCUT2D eigenvalue weighted by atomic mass is 35.5. The third-order valence-electron chi connectivity index (χ3n) is 4.49. The van der Waals surface area contributed by atoms with E-state index in [9.17, 15) is 14.9 Å². The molecule has 0 bridgehead atoms. The number of hydrazone groups is 1. The molecule has 0 N–H and O–H groups in total. The molecule has 31 heavy (non-hydrogen) atoms. The second-order valence-electron chi connectivity index (χ2n) is 6.56. The molecule has 0 aromatic heterocycles. The van der Waals surface area contributed by atoms with Gasteiger partial charge in [-0.2, -0.15) is 10.1 Å². The van der Waals surface area contributed by atoms with Crippen LogP contribution in [-0.2, 0) is 4.79 Å². The molecule has 0 aliphatic carbocycles. The van der Waals surface area contributed by atoms with Gasteiger partial charge in [0, 0.05) is 22.7 Å². The maximum Gasteiger partial charge on any atom is 0.298 e. The van der Waals surface area contributed by atoms with Crippen molar-refractivity contribution in [2.75, 3.05) is 0 Å². The molecule has 0 saturated carbocycles. The molecule has 0 atom stereocenters. The molecule has 1 aliphatic rings. The third kappa shape index (κ3) is 4.41. The van der Waals surface area contributed by atoms with Gasteiger partial charge in [0.1, 0.15) is 5.70 Å². The quantitative estimate of drug-likeness (QED) is 0.249. The van der Waals surface area contributed by atoms with E-state index in [4.69, 9.17) is 11.6 Å². The predicted octanol–water partition coefficient (Wildman–Crippen LogP) is 4.91. The SMILES string of the molecule is O=C1/C(=C/c2ccccc2Cl)N=C(c2ccccc2)N1/N=C/c1ccc([N+](=O)[O-])cc1. The number of benzene rings is 3. The van der Waals surface area contributed by atoms with E-state index in [0.717, 1.165) is 5.56 Å². The van der Waals surface area contributed by atoms with E-state index in [-0.39, 0.29) is 11.4 Å². The van der Waals surface area contributed by atoms with Gasteiger partial charge in [-0.3, -0.25) is 14.9 Å². The van der Waals surface area contributed by atoms with Crippen LogP contribution in [-0.4, -0.2) is 27.9 Å². The average Bonchev–Trinajstić information content (AvgIpc) is 3.10. The highest BCUT2D eigenvalue weighted by molar-refractivity contribution is 6.32. The summed E-state index contributed by atoms with van der Waals surface area (Å²) in [5, 5.41) is 16.8. The Labute approximate surface area is 182 Å². The van der Waals surface area contributed by atoms with Crippen LogP contribution >= 0.6 is 11.6 Å². The Hall–Kier alpha value is -4.10. The summed E-state index contributed by atoms with van der Waals surface area (Å²) in [6.07, 6.45) is 3.08. The summed E-state index contributed by atoms with van der Waals surface area (Å²) in [6.45, 7) is 0. The molecule has 0 fully saturated rings. The number of hydrogen-bond acceptors (Lipinski definition) is 5. The fourth-order valence-corrected chi connectivity index (χ4v) is 3.13. The van der Waals surface area contributed by atoms with Gasteiger partial charge in [0.25, 0.3) is 11.6 Å². The van der Waals surface area contributed by atoms with Crippen molar-refractivity contribution in [2.45, 2.75) is 0 Å². The molecule has 4 rings (SSSR count). The van der Waals surface area contributed by atoms with E-state index in [1.807, 2.05) is 36.4 Å². The van der Waals surface area contributed by atoms with E-state index in [1.54, 1.807) is 36.4 Å². The largest absolute Gasteiger partial charge is 0.298 e. The second-order valence-corrected chi connectivity index (χ2v) is 6.97. The molecule has 0 radical (unpaired) electrons. The summed E-state index contributed by atoms with van der Waals surface area (Å²) in [7, 11) is 0. The van der Waals surface area contributed by atoms with Gasteiger partial charge in [0.2, 0.25) is 0 Å². The van der Waals surface area contributed by atoms with Crippen molar-refractivity contribution in [3.05, 3.63) is 116 Å². The van der Waals surface area contributed by atoms with Gasteiger partial charge in [0.15, 0.2) is 5.84 Å². The van der Waals surface area contributed by atoms with Crippen LogP contribution in [0.25, 0.3) is 6.08 Å². The third-order valence-corrected chi connectivity index (χ3v) is 4.84. The summed E-state index contributed by atoms with van der Waals surface area (Å²) in [5.74, 6) is -0.0287. The fraction of sp³-hybridized carbons (Fsp3) is 0. The van der Waals surface area contributed by atoms with E-state index in [1.165, 1.54) is 23.4 Å². The summed E-state index contributed by atoms with van der Waals surface area (Å²) in [4.78, 5) is 27.9. The Bertz CT molecular complexity index is 1240. The van der Waals surface area contributed by atoms with Crippen molar-refractivity contribution in [3.63, 3.8) is 0 Å². The Morgan fingerprint density at radius 1 is 0.968 bits per heavy atom. The Kier molecular flexibility index (Phi) is 5.68. The van der Waals surface area contributed by atoms with E-state index < -0.39 is 10.8 Å². The van der Waals surface area contributed by atoms with Crippen LogP contribution in [0.2, 0.25) is 5.02 Å². The maximum atomic E-state index is 13.1. The molecule has 1 amide bonds. The number of non-ortho nitro benzene ring substituents is 1. The van der Waals surface area contributed by atoms with Crippen LogP contribution in [0.4, 0.5) is 5.69 Å². The second kappa shape index (κ2) is 8.73. The average molecular weight is 431 g/mol. The molecule has 7 nitrogen and oxygen atoms in total. The number of rotatable bonds is 5. The molecule has 0 unspecified atom stereocenters. The van der Waals surface area contributed by atoms with Gasteiger partial charge in [0.05, 0.1) is 11.1 Å². The van der Waals surface area contributed by atoms with E-state index >= 15 is 0 Å². The van der Waals surface area contributed by atoms with Crippen molar-refractivity contribution in [1.82, 2.24) is 5.01 Å². The Morgan fingerprint density at radius 3 is 2.32 bits per heavy atom. The number of aliphatic imine (C=N–C) groups is 1. The number of amides is 1. The van der Waals surface area contributed by atoms with Crippen LogP contribution in [0.5, 0.6) is 0 Å². The van der Waals surface area contributed by atoms with Crippen molar-refractivity contribution in [1.29, 1.82) is 0 Å². The van der Waals surface area contributed by atoms with Gasteiger partial charge >= 0.3 is 0 Å². The smallest absolute Gasteiger partial charge is 0.265 e. The number of halogens is 1. The summed E-state index contributed by atoms with van der Waals surface area (Å²) < 4.78 is 0. The minimum Gasteiger partial charge on any atom is -0.265 e. The lowest BCUT2D eigenvalue weighted by atomic mass is 10.2. The molecule has 3 aromatic carbocycles. The van der Waals surface area contributed by atoms with Gasteiger partial charge in [-0.1, -0.05) is 60.1 Å². The zero-order valence-electron chi connectivity index (χ0n) is 16.1. The lowest BCUT2D eigenvalue weighted by Crippen LogP contribution is -2.27. The Balaban J connectivity index is 1.70. The van der Waals surface area contributed by atoms with Crippen molar-refractivity contribution in [2.24, 2.45) is 10.1 Å². The fourth-order valence-electron chi connectivity index (χ4n) is 2.94. The molecule has 1 aliphatic heterocycles. The number of nitrogens with zero attached hydrogens (tertiary/aromatic N) is 4. The lowest BCUT2D eigenvalue weighted by molar-refractivity contribution is -0.384. The summed E-state index contributed by atoms with van der Waals surface area (Å²) in [6, 6.07) is 22.2. The van der Waals surface area contributed by atoms with Crippen molar-refractivity contribution < 1.29 is 9.72 Å². The van der Waals surface area contributed by atoms with Crippen molar-refractivity contribution in [3.8, 4) is 0 Å². The van der Waals surface area contributed by atoms with Crippen LogP contribution in [0, 0.1) is 10.1 Å². The van der Waals surface area contributed by atoms with Crippen LogP contribution in [0.15, 0.2) is 94.7 Å². The zero-order chi connectivity index (χ0) is 21.8. The summed E-state index contributed by atoms with van der Waals surface area (Å²) >= 11 is 6.22. The topological polar surface area (TPSA) is 88.2 Å². The standard InChI is InChI=1S/C23H15ClN4O3/c24-20-9-5-4-8-18(20)14-21-23(29)27(22(26-21)17-6-2-1-3-7-17)25-15-16-10-12-19(13-11-16)28(30)31/h1-15H/b21-14-,25-15+. The van der Waals surface area contributed by atoms with Gasteiger partial charge < -0.3 is 0 Å². The van der Waals surface area contributed by atoms with Crippen LogP contribution in [0.1, 0.15) is 16.7 Å². The van der Waals surface area contributed by atoms with Crippen LogP contribution < -0.4 is 0 Å². The first-order valence-electron chi connectivity index (χ1n) is 9.26. The first-order chi connectivity index (χ1) is 15.0. The van der Waals surface area contributed by atoms with Gasteiger partial charge in [-0.25, -0.2) is 4.99 Å². The molecule has 1 heterocycles. The number of nitro groups is 1. The lowest BCUT2D eigenvalue weighted by Gasteiger charge is -2.11. The number of amidine groups is 1. The number of carbonyl (C=O) groups is 1. The van der Waals surface area contributed by atoms with Crippen molar-refractivity contribution >= 4 is 41.3 Å². The zero-order valence-corrected chi connectivity index (χ0v) is 16.8. The van der Waals surface area contributed by atoms with E-state index in [2.05, 4.69) is 10.1 Å². The number of carbonyl (C=O) groups excluding carboxylic acids is 1.